The van der Waals surface area contributed by atoms with Gasteiger partial charge in [-0.25, -0.2) is 0 Å². The van der Waals surface area contributed by atoms with E-state index in [1.165, 1.54) is 49.2 Å². The van der Waals surface area contributed by atoms with E-state index < -0.39 is 0 Å². The normalized spacial score (nSPS) is 33.7. The van der Waals surface area contributed by atoms with Gasteiger partial charge in [-0.05, 0) is 49.5 Å². The monoisotopic (exact) mass is 302 g/mol. The van der Waals surface area contributed by atoms with Gasteiger partial charge in [-0.1, -0.05) is 42.0 Å². The van der Waals surface area contributed by atoms with E-state index in [2.05, 4.69) is 59.9 Å². The Morgan fingerprint density at radius 2 is 1.85 bits per heavy atom. The molecular weight excluding hydrogens is 280 g/mol. The summed E-state index contributed by atoms with van der Waals surface area (Å²) < 4.78 is 0.590. The Balaban J connectivity index is 1.58. The fourth-order valence-electron chi connectivity index (χ4n) is 4.26. The highest BCUT2D eigenvalue weighted by atomic mass is 32.2. The molecule has 1 aromatic rings. The van der Waals surface area contributed by atoms with Crippen LogP contribution >= 0.6 is 23.5 Å². The first-order chi connectivity index (χ1) is 9.84. The van der Waals surface area contributed by atoms with Crippen LogP contribution in [0.4, 0.5) is 0 Å². The number of benzene rings is 1. The molecule has 0 unspecified atom stereocenters. The summed E-state index contributed by atoms with van der Waals surface area (Å²) in [6, 6.07) is 10.9. The molecule has 1 aliphatic heterocycles. The molecule has 1 heterocycles. The summed E-state index contributed by atoms with van der Waals surface area (Å²) in [5, 5.41) is 0. The maximum atomic E-state index is 2.47. The Kier molecular flexibility index (Phi) is 3.64. The third-order valence-corrected chi connectivity index (χ3v) is 8.98. The molecule has 2 bridgehead atoms. The van der Waals surface area contributed by atoms with E-state index in [-0.39, 0.29) is 0 Å². The molecule has 0 aromatic heterocycles. The first-order valence-corrected chi connectivity index (χ1v) is 9.84. The zero-order valence-electron chi connectivity index (χ0n) is 11.9. The lowest BCUT2D eigenvalue weighted by molar-refractivity contribution is 0.224. The van der Waals surface area contributed by atoms with E-state index in [9.17, 15) is 0 Å². The van der Waals surface area contributed by atoms with Crippen molar-refractivity contribution in [3.8, 4) is 0 Å². The summed E-state index contributed by atoms with van der Waals surface area (Å²) in [4.78, 5) is 0. The number of hydrogen-bond donors (Lipinski definition) is 0. The van der Waals surface area contributed by atoms with Crippen molar-refractivity contribution in [3.05, 3.63) is 41.5 Å². The predicted octanol–water partition coefficient (Wildman–Crippen LogP) is 5.46. The zero-order chi connectivity index (χ0) is 13.4. The predicted molar refractivity (Wildman–Crippen MR) is 92.1 cm³/mol. The fourth-order valence-corrected chi connectivity index (χ4v) is 7.80. The minimum absolute atomic E-state index is 0.590. The number of hydrogen-bond acceptors (Lipinski definition) is 2. The molecule has 2 saturated carbocycles. The Morgan fingerprint density at radius 1 is 1.05 bits per heavy atom. The Bertz CT molecular complexity index is 499. The molecule has 2 heteroatoms. The van der Waals surface area contributed by atoms with Gasteiger partial charge in [0.2, 0.25) is 0 Å². The molecule has 0 N–H and O–H groups in total. The van der Waals surface area contributed by atoms with Gasteiger partial charge in [0.05, 0.1) is 4.08 Å². The first kappa shape index (κ1) is 13.3. The van der Waals surface area contributed by atoms with E-state index in [0.717, 1.165) is 11.8 Å². The summed E-state index contributed by atoms with van der Waals surface area (Å²) in [7, 11) is 0. The molecule has 0 nitrogen and oxygen atoms in total. The maximum Gasteiger partial charge on any atom is 0.0642 e. The van der Waals surface area contributed by atoms with Gasteiger partial charge in [0, 0.05) is 11.5 Å². The molecular formula is C18H22S2. The molecule has 2 aliphatic carbocycles. The van der Waals surface area contributed by atoms with Crippen LogP contribution in [-0.2, 0) is 0 Å². The molecule has 3 fully saturated rings. The molecule has 0 amide bonds. The molecule has 20 heavy (non-hydrogen) atoms. The molecule has 106 valence electrons. The second-order valence-electron chi connectivity index (χ2n) is 6.47. The van der Waals surface area contributed by atoms with Gasteiger partial charge in [0.15, 0.2) is 0 Å². The molecule has 2 atom stereocenters. The summed E-state index contributed by atoms with van der Waals surface area (Å²) in [5.41, 5.74) is 3.10. The van der Waals surface area contributed by atoms with Crippen molar-refractivity contribution in [1.29, 1.82) is 0 Å². The number of thioether (sulfide) groups is 2. The molecule has 4 rings (SSSR count). The van der Waals surface area contributed by atoms with Crippen LogP contribution in [0, 0.1) is 11.8 Å². The lowest BCUT2D eigenvalue weighted by atomic mass is 9.69. The average Bonchev–Trinajstić information content (AvgIpc) is 2.95. The Labute approximate surface area is 130 Å². The summed E-state index contributed by atoms with van der Waals surface area (Å²) in [5.74, 6) is 4.66. The van der Waals surface area contributed by atoms with E-state index in [1.807, 2.05) is 0 Å². The average molecular weight is 303 g/mol. The molecule has 1 aromatic carbocycles. The molecule has 0 radical (unpaired) electrons. The van der Waals surface area contributed by atoms with Crippen molar-refractivity contribution >= 4 is 29.6 Å². The highest BCUT2D eigenvalue weighted by Crippen LogP contribution is 2.61. The number of fused-ring (bicyclic) bond motifs is 3. The Hall–Kier alpha value is -0.340. The van der Waals surface area contributed by atoms with Crippen molar-refractivity contribution in [3.63, 3.8) is 0 Å². The van der Waals surface area contributed by atoms with Crippen molar-refractivity contribution in [1.82, 2.24) is 0 Å². The van der Waals surface area contributed by atoms with E-state index >= 15 is 0 Å². The SMILES string of the molecule is C(=C1/C[C@H]2CCC3(SCCS3)[C@@H](C1)C2)/c1ccccc1. The maximum absolute atomic E-state index is 2.47. The van der Waals surface area contributed by atoms with Gasteiger partial charge in [-0.3, -0.25) is 0 Å². The molecule has 3 aliphatic rings. The van der Waals surface area contributed by atoms with E-state index in [4.69, 9.17) is 0 Å². The van der Waals surface area contributed by atoms with Crippen molar-refractivity contribution in [2.24, 2.45) is 11.8 Å². The number of rotatable bonds is 1. The number of allylic oxidation sites excluding steroid dienone is 1. The lowest BCUT2D eigenvalue weighted by Gasteiger charge is -2.47. The van der Waals surface area contributed by atoms with Gasteiger partial charge < -0.3 is 0 Å². The second kappa shape index (κ2) is 5.46. The zero-order valence-corrected chi connectivity index (χ0v) is 13.5. The highest BCUT2D eigenvalue weighted by Gasteiger charge is 2.48. The van der Waals surface area contributed by atoms with Crippen LogP contribution in [0.25, 0.3) is 6.08 Å². The van der Waals surface area contributed by atoms with Crippen LogP contribution < -0.4 is 0 Å². The van der Waals surface area contributed by atoms with Gasteiger partial charge in [0.1, 0.15) is 0 Å². The van der Waals surface area contributed by atoms with Crippen molar-refractivity contribution in [2.75, 3.05) is 11.5 Å². The third kappa shape index (κ3) is 2.46. The first-order valence-electron chi connectivity index (χ1n) is 7.86. The van der Waals surface area contributed by atoms with Crippen LogP contribution in [0.3, 0.4) is 0 Å². The van der Waals surface area contributed by atoms with Gasteiger partial charge in [-0.2, -0.15) is 0 Å². The molecule has 1 spiro atoms. The van der Waals surface area contributed by atoms with Crippen LogP contribution in [0.2, 0.25) is 0 Å². The van der Waals surface area contributed by atoms with Gasteiger partial charge in [-0.15, -0.1) is 23.5 Å². The van der Waals surface area contributed by atoms with Crippen LogP contribution in [0.15, 0.2) is 35.9 Å². The summed E-state index contributed by atoms with van der Waals surface area (Å²) >= 11 is 4.56. The highest BCUT2D eigenvalue weighted by molar-refractivity contribution is 8.21. The van der Waals surface area contributed by atoms with E-state index in [1.54, 1.807) is 5.57 Å². The summed E-state index contributed by atoms with van der Waals surface area (Å²) in [6.07, 6.45) is 9.61. The largest absolute Gasteiger partial charge is 0.143 e. The van der Waals surface area contributed by atoms with Gasteiger partial charge in [0.25, 0.3) is 0 Å². The van der Waals surface area contributed by atoms with Crippen molar-refractivity contribution in [2.45, 2.75) is 36.2 Å². The molecule has 1 saturated heterocycles. The fraction of sp³-hybridized carbons (Fsp3) is 0.556. The smallest absolute Gasteiger partial charge is 0.0642 e. The van der Waals surface area contributed by atoms with Crippen molar-refractivity contribution < 1.29 is 0 Å². The summed E-state index contributed by atoms with van der Waals surface area (Å²) in [6.45, 7) is 0. The minimum Gasteiger partial charge on any atom is -0.143 e. The van der Waals surface area contributed by atoms with Crippen LogP contribution in [-0.4, -0.2) is 15.6 Å². The lowest BCUT2D eigenvalue weighted by Crippen LogP contribution is -2.39. The topological polar surface area (TPSA) is 0 Å². The van der Waals surface area contributed by atoms with Crippen LogP contribution in [0.1, 0.15) is 37.7 Å². The van der Waals surface area contributed by atoms with Gasteiger partial charge >= 0.3 is 0 Å². The van der Waals surface area contributed by atoms with E-state index in [0.29, 0.717) is 4.08 Å². The third-order valence-electron chi connectivity index (χ3n) is 5.15. The second-order valence-corrected chi connectivity index (χ2v) is 9.58. The Morgan fingerprint density at radius 3 is 2.65 bits per heavy atom. The minimum atomic E-state index is 0.590. The quantitative estimate of drug-likeness (QED) is 0.676. The van der Waals surface area contributed by atoms with Crippen LogP contribution in [0.5, 0.6) is 0 Å². The standard InChI is InChI=1S/C18H22S2/c1-2-4-14(5-3-1)10-16-11-15-6-7-18(17(12-15)13-16)19-8-9-20-18/h1-5,10,15,17H,6-9,11-13H2/b16-10+/t15-,17-/m1/s1.